The van der Waals surface area contributed by atoms with Crippen molar-refractivity contribution < 1.29 is 18.7 Å². The highest BCUT2D eigenvalue weighted by molar-refractivity contribution is 8.14. The summed E-state index contributed by atoms with van der Waals surface area (Å²) in [5, 5.41) is 17.5. The van der Waals surface area contributed by atoms with Crippen LogP contribution >= 0.6 is 11.8 Å². The second-order valence-corrected chi connectivity index (χ2v) is 12.6. The first-order valence-electron chi connectivity index (χ1n) is 14.7. The Morgan fingerprint density at radius 2 is 1.86 bits per heavy atom. The van der Waals surface area contributed by atoms with E-state index in [0.29, 0.717) is 44.0 Å². The van der Waals surface area contributed by atoms with Crippen molar-refractivity contribution >= 4 is 28.7 Å². The van der Waals surface area contributed by atoms with Crippen LogP contribution in [0, 0.1) is 11.7 Å². The fourth-order valence-electron chi connectivity index (χ4n) is 5.57. The molecule has 1 aliphatic heterocycles. The Kier molecular flexibility index (Phi) is 8.99. The van der Waals surface area contributed by atoms with Crippen molar-refractivity contribution in [1.29, 1.82) is 0 Å². The predicted octanol–water partition coefficient (Wildman–Crippen LogP) is 4.57. The van der Waals surface area contributed by atoms with Crippen molar-refractivity contribution in [3.8, 4) is 5.75 Å². The number of tetrazole rings is 1. The third-order valence-corrected chi connectivity index (χ3v) is 9.03. The fraction of sp³-hybridized carbons (Fsp3) is 0.375. The van der Waals surface area contributed by atoms with Gasteiger partial charge in [-0.05, 0) is 66.0 Å². The number of aromatic nitrogens is 6. The Balaban J connectivity index is 1.19. The fourth-order valence-corrected chi connectivity index (χ4v) is 6.49. The summed E-state index contributed by atoms with van der Waals surface area (Å²) in [6.45, 7) is 3.42. The molecule has 12 heteroatoms. The molecule has 2 aliphatic rings. The zero-order chi connectivity index (χ0) is 30.6. The minimum atomic E-state index is -0.653. The summed E-state index contributed by atoms with van der Waals surface area (Å²) in [5.41, 5.74) is 3.14. The maximum Gasteiger partial charge on any atom is 0.196 e. The Labute approximate surface area is 259 Å². The molecule has 1 saturated heterocycles. The van der Waals surface area contributed by atoms with E-state index in [0.717, 1.165) is 35.4 Å². The molecule has 2 fully saturated rings. The molecule has 0 radical (unpaired) electrons. The van der Waals surface area contributed by atoms with Crippen LogP contribution in [0.15, 0.2) is 66.4 Å². The largest absolute Gasteiger partial charge is 0.497 e. The van der Waals surface area contributed by atoms with Gasteiger partial charge in [-0.1, -0.05) is 42.1 Å². The number of nitrogens with zero attached hydrogens (tertiary/aromatic N) is 7. The number of piperidine rings is 1. The van der Waals surface area contributed by atoms with E-state index < -0.39 is 6.04 Å². The average molecular weight is 616 g/mol. The van der Waals surface area contributed by atoms with Crippen molar-refractivity contribution in [2.75, 3.05) is 20.2 Å². The molecule has 2 atom stereocenters. The van der Waals surface area contributed by atoms with E-state index in [1.807, 2.05) is 42.6 Å². The molecular formula is C32H34FN7O3S. The van der Waals surface area contributed by atoms with Crippen LogP contribution in [0.2, 0.25) is 0 Å². The van der Waals surface area contributed by atoms with Crippen LogP contribution in [-0.2, 0) is 22.7 Å². The minimum Gasteiger partial charge on any atom is -0.497 e. The average Bonchev–Trinajstić information content (AvgIpc) is 3.64. The molecule has 6 rings (SSSR count). The molecule has 2 aromatic carbocycles. The summed E-state index contributed by atoms with van der Waals surface area (Å²) < 4.78 is 21.9. The van der Waals surface area contributed by atoms with Gasteiger partial charge in [-0.2, -0.15) is 9.90 Å². The van der Waals surface area contributed by atoms with Crippen LogP contribution in [0.5, 0.6) is 5.75 Å². The number of methoxy groups -OCH3 is 1. The Morgan fingerprint density at radius 1 is 1.07 bits per heavy atom. The summed E-state index contributed by atoms with van der Waals surface area (Å²) in [7, 11) is 1.63. The maximum absolute atomic E-state index is 15.0. The Hall–Kier alpha value is -4.16. The summed E-state index contributed by atoms with van der Waals surface area (Å²) in [4.78, 5) is 29.2. The predicted molar refractivity (Wildman–Crippen MR) is 164 cm³/mol. The first kappa shape index (κ1) is 29.9. The smallest absolute Gasteiger partial charge is 0.196 e. The molecule has 228 valence electrons. The zero-order valence-electron chi connectivity index (χ0n) is 24.7. The lowest BCUT2D eigenvalue weighted by Crippen LogP contribution is -2.43. The molecule has 2 unspecified atom stereocenters. The number of halogens is 1. The maximum atomic E-state index is 15.0. The van der Waals surface area contributed by atoms with Gasteiger partial charge in [-0.3, -0.25) is 19.2 Å². The quantitative estimate of drug-likeness (QED) is 0.240. The van der Waals surface area contributed by atoms with Crippen molar-refractivity contribution in [3.63, 3.8) is 0 Å². The van der Waals surface area contributed by atoms with Gasteiger partial charge in [0.25, 0.3) is 0 Å². The van der Waals surface area contributed by atoms with Gasteiger partial charge in [0.15, 0.2) is 16.7 Å². The van der Waals surface area contributed by atoms with Gasteiger partial charge in [0.1, 0.15) is 18.1 Å². The van der Waals surface area contributed by atoms with E-state index in [9.17, 15) is 14.0 Å². The lowest BCUT2D eigenvalue weighted by Gasteiger charge is -2.38. The lowest BCUT2D eigenvalue weighted by atomic mass is 9.93. The summed E-state index contributed by atoms with van der Waals surface area (Å²) in [5.74, 6) is 1.000. The van der Waals surface area contributed by atoms with Gasteiger partial charge in [0.05, 0.1) is 25.4 Å². The Bertz CT molecular complexity index is 1660. The lowest BCUT2D eigenvalue weighted by molar-refractivity contribution is -0.126. The van der Waals surface area contributed by atoms with E-state index in [2.05, 4.69) is 20.3 Å². The van der Waals surface area contributed by atoms with Crippen LogP contribution in [0.4, 0.5) is 4.39 Å². The summed E-state index contributed by atoms with van der Waals surface area (Å²) >= 11 is 1.29. The second kappa shape index (κ2) is 13.2. The standard InChI is InChI=1S/C32H34FN7O3S/c1-21(41)44-29-14-15-38(31(32(42)23-9-10-23)27-5-3-4-6-28(27)33)19-24(29)17-25-13-16-39(35-25)20-30-34-37-40(36-30)18-22-7-11-26(43-2)12-8-22/h3-8,11-13,16-17,23,29,31H,9-10,14-15,18-20H2,1-2H3. The summed E-state index contributed by atoms with van der Waals surface area (Å²) in [6, 6.07) is 15.5. The number of hydrogen-bond donors (Lipinski definition) is 0. The highest BCUT2D eigenvalue weighted by Crippen LogP contribution is 2.40. The number of Topliss-reactive ketones (excluding diaryl/α,β-unsaturated/α-hetero) is 1. The Morgan fingerprint density at radius 3 is 2.59 bits per heavy atom. The van der Waals surface area contributed by atoms with Crippen molar-refractivity contribution in [3.05, 3.63) is 94.8 Å². The third kappa shape index (κ3) is 7.13. The zero-order valence-corrected chi connectivity index (χ0v) is 25.5. The van der Waals surface area contributed by atoms with Gasteiger partial charge in [0, 0.05) is 42.9 Å². The van der Waals surface area contributed by atoms with Gasteiger partial charge in [0.2, 0.25) is 0 Å². The molecule has 1 aliphatic carbocycles. The van der Waals surface area contributed by atoms with E-state index in [1.165, 1.54) is 17.8 Å². The molecule has 3 heterocycles. The van der Waals surface area contributed by atoms with Crippen LogP contribution in [-0.4, -0.2) is 71.2 Å². The van der Waals surface area contributed by atoms with E-state index in [1.54, 1.807) is 41.7 Å². The number of carbonyl (C=O) groups is 2. The first-order valence-corrected chi connectivity index (χ1v) is 15.6. The highest BCUT2D eigenvalue weighted by Gasteiger charge is 2.41. The number of benzene rings is 2. The molecule has 0 spiro atoms. The molecule has 10 nitrogen and oxygen atoms in total. The molecule has 0 N–H and O–H groups in total. The normalized spacial score (nSPS) is 18.8. The number of thioether (sulfide) groups is 1. The van der Waals surface area contributed by atoms with E-state index in [4.69, 9.17) is 9.84 Å². The monoisotopic (exact) mass is 615 g/mol. The van der Waals surface area contributed by atoms with Gasteiger partial charge >= 0.3 is 0 Å². The van der Waals surface area contributed by atoms with E-state index >= 15 is 0 Å². The molecule has 1 saturated carbocycles. The number of carbonyl (C=O) groups excluding carboxylic acids is 2. The topological polar surface area (TPSA) is 108 Å². The molecule has 2 aromatic heterocycles. The molecule has 0 bridgehead atoms. The SMILES string of the molecule is COc1ccc(Cn2nnc(Cn3ccc(C=C4CN(C(C(=O)C5CC5)c5ccccc5F)CCC4SC(C)=O)n3)n2)cc1. The summed E-state index contributed by atoms with van der Waals surface area (Å²) in [6.07, 6.45) is 6.20. The molecule has 44 heavy (non-hydrogen) atoms. The third-order valence-electron chi connectivity index (χ3n) is 7.88. The highest BCUT2D eigenvalue weighted by atomic mass is 32.2. The number of ether oxygens (including phenoxy) is 1. The van der Waals surface area contributed by atoms with Crippen molar-refractivity contribution in [1.82, 2.24) is 34.9 Å². The van der Waals surface area contributed by atoms with Crippen molar-refractivity contribution in [2.45, 2.75) is 50.6 Å². The molecule has 0 amide bonds. The van der Waals surface area contributed by atoms with Gasteiger partial charge in [-0.15, -0.1) is 10.2 Å². The van der Waals surface area contributed by atoms with Crippen LogP contribution < -0.4 is 4.74 Å². The van der Waals surface area contributed by atoms with Crippen LogP contribution in [0.3, 0.4) is 0 Å². The number of ketones is 1. The molecular weight excluding hydrogens is 581 g/mol. The van der Waals surface area contributed by atoms with E-state index in [-0.39, 0.29) is 27.9 Å². The van der Waals surface area contributed by atoms with Gasteiger partial charge in [-0.25, -0.2) is 4.39 Å². The molecule has 4 aromatic rings. The minimum absolute atomic E-state index is 0.0187. The number of hydrogen-bond acceptors (Lipinski definition) is 9. The van der Waals surface area contributed by atoms with Crippen molar-refractivity contribution in [2.24, 2.45) is 5.92 Å². The van der Waals surface area contributed by atoms with Crippen LogP contribution in [0.1, 0.15) is 54.9 Å². The number of rotatable bonds is 11. The number of likely N-dealkylation sites (tertiary alicyclic amines) is 1. The first-order chi connectivity index (χ1) is 21.4. The second-order valence-electron chi connectivity index (χ2n) is 11.2. The van der Waals surface area contributed by atoms with Crippen LogP contribution in [0.25, 0.3) is 6.08 Å². The van der Waals surface area contributed by atoms with Gasteiger partial charge < -0.3 is 4.74 Å².